The van der Waals surface area contributed by atoms with Gasteiger partial charge < -0.3 is 9.84 Å². The quantitative estimate of drug-likeness (QED) is 0.547. The molecule has 1 aliphatic heterocycles. The minimum Gasteiger partial charge on any atom is -0.388 e. The number of aliphatic hydroxyl groups excluding tert-OH is 1. The smallest absolute Gasteiger partial charge is 0.0856 e. The van der Waals surface area contributed by atoms with Crippen LogP contribution in [-0.4, -0.2) is 11.7 Å². The number of ether oxygens (including phenoxy) is 1. The molecule has 29 heavy (non-hydrogen) atoms. The Morgan fingerprint density at radius 1 is 0.862 bits per heavy atom. The van der Waals surface area contributed by atoms with E-state index in [-0.39, 0.29) is 12.0 Å². The molecule has 0 saturated carbocycles. The summed E-state index contributed by atoms with van der Waals surface area (Å²) in [6.07, 6.45) is 5.86. The number of hydrogen-bond donors (Lipinski definition) is 1. The van der Waals surface area contributed by atoms with E-state index in [9.17, 15) is 5.11 Å². The summed E-state index contributed by atoms with van der Waals surface area (Å²) >= 11 is 0. The van der Waals surface area contributed by atoms with Crippen molar-refractivity contribution in [1.82, 2.24) is 0 Å². The molecule has 3 aromatic carbocycles. The molecule has 0 amide bonds. The highest BCUT2D eigenvalue weighted by Gasteiger charge is 2.35. The molecule has 1 heterocycles. The van der Waals surface area contributed by atoms with Crippen molar-refractivity contribution in [2.45, 2.75) is 25.0 Å². The Bertz CT molecular complexity index is 890. The molecule has 148 valence electrons. The van der Waals surface area contributed by atoms with Crippen LogP contribution in [0.4, 0.5) is 0 Å². The van der Waals surface area contributed by atoms with E-state index in [1.165, 1.54) is 11.1 Å². The number of allylic oxidation sites excluding steroid dienone is 1. The van der Waals surface area contributed by atoms with Crippen molar-refractivity contribution in [2.24, 2.45) is 11.8 Å². The Balaban J connectivity index is 1.51. The lowest BCUT2D eigenvalue weighted by Gasteiger charge is -2.38. The molecule has 0 bridgehead atoms. The molecular weight excluding hydrogens is 356 g/mol. The summed E-state index contributed by atoms with van der Waals surface area (Å²) in [5, 5.41) is 10.9. The van der Waals surface area contributed by atoms with Gasteiger partial charge in [0, 0.05) is 5.92 Å². The maximum absolute atomic E-state index is 10.9. The van der Waals surface area contributed by atoms with Gasteiger partial charge in [0.1, 0.15) is 0 Å². The summed E-state index contributed by atoms with van der Waals surface area (Å²) in [7, 11) is 0. The van der Waals surface area contributed by atoms with Gasteiger partial charge in [-0.25, -0.2) is 0 Å². The molecule has 0 unspecified atom stereocenters. The second kappa shape index (κ2) is 9.69. The van der Waals surface area contributed by atoms with E-state index in [2.05, 4.69) is 60.7 Å². The Morgan fingerprint density at radius 2 is 1.48 bits per heavy atom. The molecule has 4 atom stereocenters. The van der Waals surface area contributed by atoms with Crippen molar-refractivity contribution in [3.05, 3.63) is 114 Å². The van der Waals surface area contributed by atoms with Gasteiger partial charge in [0.25, 0.3) is 0 Å². The second-order valence-electron chi connectivity index (χ2n) is 7.82. The molecule has 0 aliphatic carbocycles. The number of hydrogen-bond acceptors (Lipinski definition) is 2. The van der Waals surface area contributed by atoms with E-state index in [0.717, 1.165) is 18.4 Å². The van der Waals surface area contributed by atoms with E-state index in [1.54, 1.807) is 0 Å². The molecule has 4 rings (SSSR count). The topological polar surface area (TPSA) is 29.5 Å². The fourth-order valence-electron chi connectivity index (χ4n) is 4.26. The first-order chi connectivity index (χ1) is 14.3. The number of rotatable bonds is 6. The summed E-state index contributed by atoms with van der Waals surface area (Å²) in [5.41, 5.74) is 3.40. The molecule has 1 aliphatic rings. The molecule has 2 heteroatoms. The van der Waals surface area contributed by atoms with Crippen LogP contribution in [0.1, 0.15) is 41.7 Å². The molecule has 2 nitrogen and oxygen atoms in total. The molecule has 1 fully saturated rings. The average Bonchev–Trinajstić information content (AvgIpc) is 2.80. The van der Waals surface area contributed by atoms with Gasteiger partial charge >= 0.3 is 0 Å². The first kappa shape index (κ1) is 19.6. The van der Waals surface area contributed by atoms with E-state index < -0.39 is 6.10 Å². The molecule has 0 spiro atoms. The van der Waals surface area contributed by atoms with Crippen molar-refractivity contribution < 1.29 is 9.84 Å². The maximum Gasteiger partial charge on any atom is 0.0856 e. The van der Waals surface area contributed by atoms with Gasteiger partial charge in [-0.05, 0) is 35.4 Å². The largest absolute Gasteiger partial charge is 0.388 e. The van der Waals surface area contributed by atoms with Gasteiger partial charge in [-0.2, -0.15) is 0 Å². The monoisotopic (exact) mass is 384 g/mol. The van der Waals surface area contributed by atoms with Gasteiger partial charge in [-0.3, -0.25) is 0 Å². The van der Waals surface area contributed by atoms with Crippen molar-refractivity contribution in [1.29, 1.82) is 0 Å². The standard InChI is InChI=1S/C27H28O2/c28-26(22-14-6-2-7-15-22)25-19-24(18-10-13-21-11-4-1-5-12-21)27(29-20-25)23-16-8-3-9-17-23/h1-17,24-28H,18-20H2/b13-10+/t24-,25+,26-,27+/m0/s1. The fraction of sp³-hybridized carbons (Fsp3) is 0.259. The van der Waals surface area contributed by atoms with E-state index in [0.29, 0.717) is 12.5 Å². The van der Waals surface area contributed by atoms with Crippen LogP contribution in [0.5, 0.6) is 0 Å². The predicted octanol–water partition coefficient (Wildman–Crippen LogP) is 6.22. The summed E-state index contributed by atoms with van der Waals surface area (Å²) in [5.74, 6) is 0.432. The summed E-state index contributed by atoms with van der Waals surface area (Å²) in [4.78, 5) is 0. The lowest BCUT2D eigenvalue weighted by molar-refractivity contribution is -0.0900. The van der Waals surface area contributed by atoms with Crippen LogP contribution < -0.4 is 0 Å². The van der Waals surface area contributed by atoms with E-state index in [1.807, 2.05) is 42.5 Å². The number of aliphatic hydroxyl groups is 1. The van der Waals surface area contributed by atoms with Crippen LogP contribution in [0, 0.1) is 11.8 Å². The summed E-state index contributed by atoms with van der Waals surface area (Å²) in [6.45, 7) is 0.578. The minimum absolute atomic E-state index is 0.0656. The SMILES string of the molecule is O[C@@H](c1ccccc1)[C@H]1CO[C@H](c2ccccc2)[C@@H](C/C=C/c2ccccc2)C1. The highest BCUT2D eigenvalue weighted by Crippen LogP contribution is 2.42. The molecule has 0 radical (unpaired) electrons. The highest BCUT2D eigenvalue weighted by molar-refractivity contribution is 5.48. The lowest BCUT2D eigenvalue weighted by Crippen LogP contribution is -2.32. The van der Waals surface area contributed by atoms with Crippen molar-refractivity contribution in [3.8, 4) is 0 Å². The van der Waals surface area contributed by atoms with Crippen LogP contribution in [-0.2, 0) is 4.74 Å². The fourth-order valence-corrected chi connectivity index (χ4v) is 4.26. The molecular formula is C27H28O2. The van der Waals surface area contributed by atoms with Crippen molar-refractivity contribution in [3.63, 3.8) is 0 Å². The summed E-state index contributed by atoms with van der Waals surface area (Å²) < 4.78 is 6.34. The third kappa shape index (κ3) is 5.03. The molecule has 3 aromatic rings. The Morgan fingerprint density at radius 3 is 2.17 bits per heavy atom. The molecule has 0 aromatic heterocycles. The zero-order chi connectivity index (χ0) is 19.9. The minimum atomic E-state index is -0.492. The van der Waals surface area contributed by atoms with E-state index in [4.69, 9.17) is 4.74 Å². The second-order valence-corrected chi connectivity index (χ2v) is 7.82. The highest BCUT2D eigenvalue weighted by atomic mass is 16.5. The van der Waals surface area contributed by atoms with Crippen molar-refractivity contribution >= 4 is 6.08 Å². The average molecular weight is 385 g/mol. The van der Waals surface area contributed by atoms with Gasteiger partial charge in [-0.1, -0.05) is 103 Å². The number of benzene rings is 3. The Labute approximate surface area is 173 Å². The molecule has 1 saturated heterocycles. The van der Waals surface area contributed by atoms with Gasteiger partial charge in [0.15, 0.2) is 0 Å². The zero-order valence-electron chi connectivity index (χ0n) is 16.6. The van der Waals surface area contributed by atoms with Gasteiger partial charge in [0.2, 0.25) is 0 Å². The first-order valence-electron chi connectivity index (χ1n) is 10.4. The zero-order valence-corrected chi connectivity index (χ0v) is 16.6. The van der Waals surface area contributed by atoms with Gasteiger partial charge in [0.05, 0.1) is 18.8 Å². The van der Waals surface area contributed by atoms with Crippen LogP contribution >= 0.6 is 0 Å². The van der Waals surface area contributed by atoms with Crippen LogP contribution in [0.3, 0.4) is 0 Å². The lowest BCUT2D eigenvalue weighted by atomic mass is 9.79. The Kier molecular flexibility index (Phi) is 6.56. The van der Waals surface area contributed by atoms with Crippen LogP contribution in [0.2, 0.25) is 0 Å². The summed E-state index contributed by atoms with van der Waals surface area (Å²) in [6, 6.07) is 30.8. The third-order valence-corrected chi connectivity index (χ3v) is 5.79. The van der Waals surface area contributed by atoms with Crippen molar-refractivity contribution in [2.75, 3.05) is 6.61 Å². The van der Waals surface area contributed by atoms with E-state index >= 15 is 0 Å². The normalized spacial score (nSPS) is 23.1. The first-order valence-corrected chi connectivity index (χ1v) is 10.4. The van der Waals surface area contributed by atoms with Crippen LogP contribution in [0.25, 0.3) is 6.08 Å². The predicted molar refractivity (Wildman–Crippen MR) is 118 cm³/mol. The van der Waals surface area contributed by atoms with Crippen LogP contribution in [0.15, 0.2) is 97.1 Å². The Hall–Kier alpha value is -2.68. The van der Waals surface area contributed by atoms with Gasteiger partial charge in [-0.15, -0.1) is 0 Å². The third-order valence-electron chi connectivity index (χ3n) is 5.79. The molecule has 1 N–H and O–H groups in total. The maximum atomic E-state index is 10.9.